The molecule has 1 saturated carbocycles. The zero-order valence-electron chi connectivity index (χ0n) is 11.3. The van der Waals surface area contributed by atoms with Gasteiger partial charge in [0.15, 0.2) is 0 Å². The third-order valence-corrected chi connectivity index (χ3v) is 4.83. The van der Waals surface area contributed by atoms with Crippen LogP contribution in [0.1, 0.15) is 51.4 Å². The van der Waals surface area contributed by atoms with E-state index in [9.17, 15) is 9.90 Å². The Kier molecular flexibility index (Phi) is 5.95. The van der Waals surface area contributed by atoms with Crippen LogP contribution in [0.25, 0.3) is 0 Å². The van der Waals surface area contributed by atoms with Gasteiger partial charge < -0.3 is 15.2 Å². The van der Waals surface area contributed by atoms with E-state index in [1.165, 1.54) is 32.1 Å². The first-order valence-corrected chi connectivity index (χ1v) is 8.54. The molecule has 0 radical (unpaired) electrons. The van der Waals surface area contributed by atoms with Crippen LogP contribution in [0.15, 0.2) is 0 Å². The fraction of sp³-hybridized carbons (Fsp3) is 0.929. The van der Waals surface area contributed by atoms with E-state index >= 15 is 0 Å². The SMILES string of the molecule is O=C1N[C@H](CC2CCCCC2)[C@@H](C(O)CCCBr)O1. The highest BCUT2D eigenvalue weighted by Gasteiger charge is 2.39. The summed E-state index contributed by atoms with van der Waals surface area (Å²) >= 11 is 3.36. The Bertz CT molecular complexity index is 294. The van der Waals surface area contributed by atoms with Gasteiger partial charge in [0.05, 0.1) is 12.1 Å². The van der Waals surface area contributed by atoms with Crippen LogP contribution in [0.4, 0.5) is 4.79 Å². The smallest absolute Gasteiger partial charge is 0.407 e. The Morgan fingerprint density at radius 3 is 2.79 bits per heavy atom. The van der Waals surface area contributed by atoms with Crippen LogP contribution < -0.4 is 5.32 Å². The van der Waals surface area contributed by atoms with E-state index in [1.807, 2.05) is 0 Å². The molecule has 2 aliphatic rings. The number of aliphatic hydroxyl groups is 1. The predicted octanol–water partition coefficient (Wildman–Crippen LogP) is 2.97. The predicted molar refractivity (Wildman–Crippen MR) is 77.4 cm³/mol. The number of ether oxygens (including phenoxy) is 1. The highest BCUT2D eigenvalue weighted by atomic mass is 79.9. The van der Waals surface area contributed by atoms with Gasteiger partial charge in [-0.05, 0) is 25.2 Å². The number of nitrogens with one attached hydrogen (secondary N) is 1. The maximum atomic E-state index is 11.4. The molecule has 4 nitrogen and oxygen atoms in total. The van der Waals surface area contributed by atoms with Gasteiger partial charge in [-0.25, -0.2) is 4.79 Å². The van der Waals surface area contributed by atoms with Crippen LogP contribution in [0, 0.1) is 5.92 Å². The van der Waals surface area contributed by atoms with E-state index in [1.54, 1.807) is 0 Å². The van der Waals surface area contributed by atoms with Gasteiger partial charge in [-0.2, -0.15) is 0 Å². The number of hydrogen-bond donors (Lipinski definition) is 2. The second kappa shape index (κ2) is 7.48. The number of aliphatic hydroxyl groups excluding tert-OH is 1. The Morgan fingerprint density at radius 1 is 1.37 bits per heavy atom. The van der Waals surface area contributed by atoms with Crippen molar-refractivity contribution in [2.75, 3.05) is 5.33 Å². The molecule has 1 aliphatic heterocycles. The van der Waals surface area contributed by atoms with Crippen LogP contribution >= 0.6 is 15.9 Å². The average Bonchev–Trinajstić information content (AvgIpc) is 2.78. The molecule has 3 atom stereocenters. The van der Waals surface area contributed by atoms with Crippen LogP contribution in [0.2, 0.25) is 0 Å². The van der Waals surface area contributed by atoms with Gasteiger partial charge >= 0.3 is 6.09 Å². The molecule has 0 aromatic rings. The van der Waals surface area contributed by atoms with Gasteiger partial charge in [-0.15, -0.1) is 0 Å². The van der Waals surface area contributed by atoms with Crippen molar-refractivity contribution in [2.24, 2.45) is 5.92 Å². The molecule has 2 rings (SSSR count). The van der Waals surface area contributed by atoms with E-state index in [0.29, 0.717) is 12.3 Å². The summed E-state index contributed by atoms with van der Waals surface area (Å²) < 4.78 is 5.26. The molecule has 110 valence electrons. The number of hydrogen-bond acceptors (Lipinski definition) is 3. The first-order chi connectivity index (χ1) is 9.20. The van der Waals surface area contributed by atoms with Gasteiger partial charge in [0.1, 0.15) is 6.10 Å². The van der Waals surface area contributed by atoms with Crippen molar-refractivity contribution < 1.29 is 14.6 Å². The quantitative estimate of drug-likeness (QED) is 0.734. The van der Waals surface area contributed by atoms with Crippen molar-refractivity contribution in [2.45, 2.75) is 69.6 Å². The normalized spacial score (nSPS) is 29.9. The summed E-state index contributed by atoms with van der Waals surface area (Å²) in [5.74, 6) is 0.673. The van der Waals surface area contributed by atoms with Gasteiger partial charge in [-0.1, -0.05) is 48.0 Å². The highest BCUT2D eigenvalue weighted by molar-refractivity contribution is 9.09. The van der Waals surface area contributed by atoms with E-state index in [4.69, 9.17) is 4.74 Å². The average molecular weight is 334 g/mol. The van der Waals surface area contributed by atoms with Crippen molar-refractivity contribution in [3.05, 3.63) is 0 Å². The third kappa shape index (κ3) is 4.35. The number of alkyl halides is 1. The number of rotatable bonds is 6. The second-order valence-corrected chi connectivity index (χ2v) is 6.55. The molecular weight excluding hydrogens is 310 g/mol. The molecule has 5 heteroatoms. The topological polar surface area (TPSA) is 58.6 Å². The molecule has 0 bridgehead atoms. The molecule has 1 amide bonds. The van der Waals surface area contributed by atoms with Crippen LogP contribution in [-0.4, -0.2) is 34.8 Å². The van der Waals surface area contributed by atoms with Crippen molar-refractivity contribution in [3.63, 3.8) is 0 Å². The minimum Gasteiger partial charge on any atom is -0.441 e. The van der Waals surface area contributed by atoms with E-state index in [-0.39, 0.29) is 18.2 Å². The molecule has 19 heavy (non-hydrogen) atoms. The summed E-state index contributed by atoms with van der Waals surface area (Å²) in [6.45, 7) is 0. The summed E-state index contributed by atoms with van der Waals surface area (Å²) in [6, 6.07) is -0.0130. The van der Waals surface area contributed by atoms with Crippen LogP contribution in [-0.2, 0) is 4.74 Å². The Balaban J connectivity index is 1.86. The number of alkyl carbamates (subject to hydrolysis) is 1. The minimum atomic E-state index is -0.551. The first kappa shape index (κ1) is 15.1. The van der Waals surface area contributed by atoms with E-state index in [2.05, 4.69) is 21.2 Å². The van der Waals surface area contributed by atoms with Crippen molar-refractivity contribution in [1.82, 2.24) is 5.32 Å². The molecular formula is C14H24BrNO3. The van der Waals surface area contributed by atoms with Gasteiger partial charge in [0.2, 0.25) is 0 Å². The molecule has 0 aromatic heterocycles. The number of carbonyl (C=O) groups is 1. The van der Waals surface area contributed by atoms with Crippen LogP contribution in [0.5, 0.6) is 0 Å². The van der Waals surface area contributed by atoms with Crippen molar-refractivity contribution in [1.29, 1.82) is 0 Å². The van der Waals surface area contributed by atoms with Crippen molar-refractivity contribution in [3.8, 4) is 0 Å². The monoisotopic (exact) mass is 333 g/mol. The number of cyclic esters (lactones) is 1. The summed E-state index contributed by atoms with van der Waals surface area (Å²) in [4.78, 5) is 11.4. The minimum absolute atomic E-state index is 0.0130. The molecule has 1 saturated heterocycles. The number of amides is 1. The summed E-state index contributed by atoms with van der Waals surface area (Å²) in [5.41, 5.74) is 0. The lowest BCUT2D eigenvalue weighted by Gasteiger charge is -2.27. The van der Waals surface area contributed by atoms with E-state index < -0.39 is 6.10 Å². The van der Waals surface area contributed by atoms with Crippen molar-refractivity contribution >= 4 is 22.0 Å². The van der Waals surface area contributed by atoms with Gasteiger partial charge in [0.25, 0.3) is 0 Å². The zero-order chi connectivity index (χ0) is 13.7. The van der Waals surface area contributed by atoms with Gasteiger partial charge in [-0.3, -0.25) is 0 Å². The second-order valence-electron chi connectivity index (χ2n) is 5.76. The Morgan fingerprint density at radius 2 is 2.11 bits per heavy atom. The third-order valence-electron chi connectivity index (χ3n) is 4.27. The highest BCUT2D eigenvalue weighted by Crippen LogP contribution is 2.30. The lowest BCUT2D eigenvalue weighted by atomic mass is 9.83. The molecule has 1 heterocycles. The summed E-state index contributed by atoms with van der Waals surface area (Å²) in [6.07, 6.45) is 7.64. The fourth-order valence-corrected chi connectivity index (χ4v) is 3.57. The number of halogens is 1. The van der Waals surface area contributed by atoms with Gasteiger partial charge in [0, 0.05) is 5.33 Å². The first-order valence-electron chi connectivity index (χ1n) is 7.42. The summed E-state index contributed by atoms with van der Waals surface area (Å²) in [7, 11) is 0. The molecule has 2 fully saturated rings. The standard InChI is InChI=1S/C14H24BrNO3/c15-8-4-7-12(17)13-11(16-14(18)19-13)9-10-5-2-1-3-6-10/h10-13,17H,1-9H2,(H,16,18)/t11-,12?,13+/m1/s1. The van der Waals surface area contributed by atoms with E-state index in [0.717, 1.165) is 18.2 Å². The maximum Gasteiger partial charge on any atom is 0.407 e. The number of carbonyl (C=O) groups excluding carboxylic acids is 1. The zero-order valence-corrected chi connectivity index (χ0v) is 12.9. The molecule has 0 spiro atoms. The lowest BCUT2D eigenvalue weighted by molar-refractivity contribution is 0.0102. The molecule has 1 unspecified atom stereocenters. The Labute approximate surface area is 123 Å². The van der Waals surface area contributed by atoms with Crippen LogP contribution in [0.3, 0.4) is 0 Å². The maximum absolute atomic E-state index is 11.4. The molecule has 0 aromatic carbocycles. The molecule has 2 N–H and O–H groups in total. The Hall–Kier alpha value is -0.290. The lowest BCUT2D eigenvalue weighted by Crippen LogP contribution is -2.40. The summed E-state index contributed by atoms with van der Waals surface area (Å²) in [5, 5.41) is 13.9. The molecule has 1 aliphatic carbocycles. The largest absolute Gasteiger partial charge is 0.441 e. The fourth-order valence-electron chi connectivity index (χ4n) is 3.25.